The molecule has 4 nitrogen and oxygen atoms in total. The highest BCUT2D eigenvalue weighted by atomic mass is 35.5. The second-order valence-electron chi connectivity index (χ2n) is 6.13. The maximum absolute atomic E-state index is 12.5. The van der Waals surface area contributed by atoms with Gasteiger partial charge in [0.1, 0.15) is 5.25 Å². The van der Waals surface area contributed by atoms with Crippen molar-refractivity contribution in [2.24, 2.45) is 0 Å². The Morgan fingerprint density at radius 1 is 1.04 bits per heavy atom. The van der Waals surface area contributed by atoms with Crippen molar-refractivity contribution in [1.82, 2.24) is 4.90 Å². The molecule has 24 heavy (non-hydrogen) atoms. The van der Waals surface area contributed by atoms with E-state index in [0.29, 0.717) is 10.6 Å². The number of aryl methyl sites for hydroxylation is 2. The molecule has 0 unspecified atom stereocenters. The number of likely N-dealkylation sites (tertiary alicyclic amines) is 1. The maximum Gasteiger partial charge on any atom is 0.253 e. The molecule has 6 heteroatoms. The van der Waals surface area contributed by atoms with Crippen molar-refractivity contribution < 1.29 is 13.2 Å². The van der Waals surface area contributed by atoms with E-state index in [1.807, 2.05) is 26.0 Å². The zero-order valence-corrected chi connectivity index (χ0v) is 15.1. The highest BCUT2D eigenvalue weighted by Gasteiger charge is 2.40. The zero-order valence-electron chi connectivity index (χ0n) is 13.5. The van der Waals surface area contributed by atoms with E-state index >= 15 is 0 Å². The molecule has 1 saturated heterocycles. The van der Waals surface area contributed by atoms with Crippen molar-refractivity contribution in [2.75, 3.05) is 13.1 Å². The van der Waals surface area contributed by atoms with Crippen molar-refractivity contribution >= 4 is 27.3 Å². The number of hydrogen-bond donors (Lipinski definition) is 0. The Morgan fingerprint density at radius 2 is 1.67 bits per heavy atom. The summed E-state index contributed by atoms with van der Waals surface area (Å²) in [5.41, 5.74) is 2.77. The molecule has 2 aromatic rings. The zero-order chi connectivity index (χ0) is 17.5. The van der Waals surface area contributed by atoms with Crippen molar-refractivity contribution in [3.8, 4) is 0 Å². The van der Waals surface area contributed by atoms with Crippen LogP contribution in [-0.2, 0) is 9.84 Å². The molecule has 2 aromatic carbocycles. The van der Waals surface area contributed by atoms with Crippen LogP contribution in [0, 0.1) is 13.8 Å². The van der Waals surface area contributed by atoms with E-state index in [2.05, 4.69) is 0 Å². The molecule has 1 heterocycles. The number of rotatable bonds is 3. The molecular weight excluding hydrogens is 346 g/mol. The van der Waals surface area contributed by atoms with Gasteiger partial charge in [-0.15, -0.1) is 0 Å². The third kappa shape index (κ3) is 3.06. The van der Waals surface area contributed by atoms with Crippen molar-refractivity contribution in [3.05, 3.63) is 64.2 Å². The number of hydrogen-bond acceptors (Lipinski definition) is 3. The summed E-state index contributed by atoms with van der Waals surface area (Å²) < 4.78 is 25.1. The SMILES string of the molecule is Cc1ccc(C(=O)N2CC(S(=O)(=O)c3ccc(Cl)cc3)C2)cc1C. The van der Waals surface area contributed by atoms with Crippen molar-refractivity contribution in [3.63, 3.8) is 0 Å². The minimum absolute atomic E-state index is 0.124. The van der Waals surface area contributed by atoms with Gasteiger partial charge in [-0.25, -0.2) is 8.42 Å². The van der Waals surface area contributed by atoms with Gasteiger partial charge in [-0.3, -0.25) is 4.79 Å². The Kier molecular flexibility index (Phi) is 4.40. The van der Waals surface area contributed by atoms with Crippen molar-refractivity contribution in [1.29, 1.82) is 0 Å². The standard InChI is InChI=1S/C18H18ClNO3S/c1-12-3-4-14(9-13(12)2)18(21)20-10-17(11-20)24(22,23)16-7-5-15(19)6-8-16/h3-9,17H,10-11H2,1-2H3. The fourth-order valence-corrected chi connectivity index (χ4v) is 4.45. The topological polar surface area (TPSA) is 54.5 Å². The van der Waals surface area contributed by atoms with Crippen LogP contribution in [0.3, 0.4) is 0 Å². The summed E-state index contributed by atoms with van der Waals surface area (Å²) in [6.45, 7) is 4.38. The largest absolute Gasteiger partial charge is 0.336 e. The highest BCUT2D eigenvalue weighted by molar-refractivity contribution is 7.92. The number of nitrogens with zero attached hydrogens (tertiary/aromatic N) is 1. The van der Waals surface area contributed by atoms with Gasteiger partial charge in [0.2, 0.25) is 0 Å². The number of halogens is 1. The molecule has 0 radical (unpaired) electrons. The van der Waals surface area contributed by atoms with E-state index in [9.17, 15) is 13.2 Å². The molecule has 1 amide bonds. The van der Waals surface area contributed by atoms with Crippen LogP contribution < -0.4 is 0 Å². The number of amides is 1. The molecule has 1 aliphatic heterocycles. The smallest absolute Gasteiger partial charge is 0.253 e. The van der Waals surface area contributed by atoms with Gasteiger partial charge in [-0.1, -0.05) is 17.7 Å². The average Bonchev–Trinajstić information content (AvgIpc) is 2.48. The normalized spacial score (nSPS) is 15.2. The first kappa shape index (κ1) is 17.0. The van der Waals surface area contributed by atoms with Crippen LogP contribution in [0.1, 0.15) is 21.5 Å². The first-order chi connectivity index (χ1) is 11.3. The predicted octanol–water partition coefficient (Wildman–Crippen LogP) is 3.26. The molecule has 0 aromatic heterocycles. The molecule has 0 aliphatic carbocycles. The summed E-state index contributed by atoms with van der Waals surface area (Å²) in [5, 5.41) is -0.0664. The minimum atomic E-state index is -3.44. The molecule has 126 valence electrons. The lowest BCUT2D eigenvalue weighted by Gasteiger charge is -2.38. The van der Waals surface area contributed by atoms with E-state index in [4.69, 9.17) is 11.6 Å². The van der Waals surface area contributed by atoms with Crippen LogP contribution in [0.5, 0.6) is 0 Å². The van der Waals surface area contributed by atoms with Gasteiger partial charge < -0.3 is 4.90 Å². The van der Waals surface area contributed by atoms with Gasteiger partial charge in [-0.05, 0) is 61.4 Å². The van der Waals surface area contributed by atoms with Gasteiger partial charge in [0.15, 0.2) is 9.84 Å². The molecule has 3 rings (SSSR count). The number of carbonyl (C=O) groups excluding carboxylic acids is 1. The van der Waals surface area contributed by atoms with E-state index in [1.54, 1.807) is 23.1 Å². The maximum atomic E-state index is 12.5. The number of sulfone groups is 1. The predicted molar refractivity (Wildman–Crippen MR) is 94.2 cm³/mol. The van der Waals surface area contributed by atoms with Crippen LogP contribution in [0.25, 0.3) is 0 Å². The molecule has 0 saturated carbocycles. The third-order valence-electron chi connectivity index (χ3n) is 4.47. The molecular formula is C18H18ClNO3S. The summed E-state index contributed by atoms with van der Waals surface area (Å²) in [4.78, 5) is 14.3. The summed E-state index contributed by atoms with van der Waals surface area (Å²) in [7, 11) is -3.44. The lowest BCUT2D eigenvalue weighted by molar-refractivity contribution is 0.0659. The molecule has 0 bridgehead atoms. The van der Waals surface area contributed by atoms with E-state index < -0.39 is 15.1 Å². The lowest BCUT2D eigenvalue weighted by atomic mass is 10.0. The van der Waals surface area contributed by atoms with E-state index in [1.165, 1.54) is 12.1 Å². The van der Waals surface area contributed by atoms with Gasteiger partial charge >= 0.3 is 0 Å². The molecule has 0 N–H and O–H groups in total. The summed E-state index contributed by atoms with van der Waals surface area (Å²) in [6.07, 6.45) is 0. The second-order valence-corrected chi connectivity index (χ2v) is 8.79. The Labute approximate surface area is 147 Å². The Morgan fingerprint density at radius 3 is 2.25 bits per heavy atom. The Balaban J connectivity index is 1.71. The van der Waals surface area contributed by atoms with Gasteiger partial charge in [0.25, 0.3) is 5.91 Å². The van der Waals surface area contributed by atoms with E-state index in [0.717, 1.165) is 11.1 Å². The fourth-order valence-electron chi connectivity index (χ4n) is 2.67. The highest BCUT2D eigenvalue weighted by Crippen LogP contribution is 2.26. The monoisotopic (exact) mass is 363 g/mol. The summed E-state index contributed by atoms with van der Waals surface area (Å²) in [5.74, 6) is -0.124. The molecule has 1 fully saturated rings. The lowest BCUT2D eigenvalue weighted by Crippen LogP contribution is -2.56. The molecule has 1 aliphatic rings. The van der Waals surface area contributed by atoms with Crippen LogP contribution in [0.4, 0.5) is 0 Å². The summed E-state index contributed by atoms with van der Waals surface area (Å²) >= 11 is 5.80. The minimum Gasteiger partial charge on any atom is -0.336 e. The molecule has 0 spiro atoms. The van der Waals surface area contributed by atoms with E-state index in [-0.39, 0.29) is 23.9 Å². The van der Waals surface area contributed by atoms with Crippen LogP contribution >= 0.6 is 11.6 Å². The number of benzene rings is 2. The third-order valence-corrected chi connectivity index (χ3v) is 6.83. The average molecular weight is 364 g/mol. The summed E-state index contributed by atoms with van der Waals surface area (Å²) in [6, 6.07) is 11.7. The fraction of sp³-hybridized carbons (Fsp3) is 0.278. The first-order valence-corrected chi connectivity index (χ1v) is 9.57. The number of carbonyl (C=O) groups is 1. The van der Waals surface area contributed by atoms with Gasteiger partial charge in [0.05, 0.1) is 4.90 Å². The quantitative estimate of drug-likeness (QED) is 0.841. The van der Waals surface area contributed by atoms with Crippen LogP contribution in [0.2, 0.25) is 5.02 Å². The van der Waals surface area contributed by atoms with Crippen LogP contribution in [-0.4, -0.2) is 37.6 Å². The van der Waals surface area contributed by atoms with Gasteiger partial charge in [0, 0.05) is 23.7 Å². The first-order valence-electron chi connectivity index (χ1n) is 7.65. The molecule has 0 atom stereocenters. The van der Waals surface area contributed by atoms with Gasteiger partial charge in [-0.2, -0.15) is 0 Å². The Bertz CT molecular complexity index is 885. The second kappa shape index (κ2) is 6.22. The van der Waals surface area contributed by atoms with Crippen molar-refractivity contribution in [2.45, 2.75) is 24.0 Å². The van der Waals surface area contributed by atoms with Crippen LogP contribution in [0.15, 0.2) is 47.4 Å². The Hall–Kier alpha value is -1.85.